The molecule has 4 heteroatoms. The number of ether oxygens (including phenoxy) is 1. The predicted octanol–water partition coefficient (Wildman–Crippen LogP) is 8.62. The van der Waals surface area contributed by atoms with Crippen molar-refractivity contribution in [3.8, 4) is 0 Å². The molecule has 7 rings (SSSR count). The van der Waals surface area contributed by atoms with Crippen LogP contribution in [0.3, 0.4) is 0 Å². The van der Waals surface area contributed by atoms with Gasteiger partial charge in [-0.25, -0.2) is 0 Å². The minimum atomic E-state index is -0.178. The molecule has 0 amide bonds. The maximum Gasteiger partial charge on any atom is 0.149 e. The summed E-state index contributed by atoms with van der Waals surface area (Å²) in [7, 11) is 0. The van der Waals surface area contributed by atoms with E-state index in [1.165, 1.54) is 31.2 Å². The third-order valence-corrected chi connectivity index (χ3v) is 14.7. The lowest BCUT2D eigenvalue weighted by Gasteiger charge is -2.52. The van der Waals surface area contributed by atoms with Crippen LogP contribution in [0.4, 0.5) is 0 Å². The quantitative estimate of drug-likeness (QED) is 0.276. The molecular weight excluding hydrogens is 554 g/mol. The lowest BCUT2D eigenvalue weighted by molar-refractivity contribution is -0.130. The van der Waals surface area contributed by atoms with E-state index < -0.39 is 0 Å². The van der Waals surface area contributed by atoms with Gasteiger partial charge in [0.05, 0.1) is 18.2 Å². The Morgan fingerprint density at radius 1 is 1.09 bits per heavy atom. The standard InChI is InChI=1S/C41H59NO3/c1-6-30(14-10-13-29-11-8-7-9-12-29)37(44)25-42-24-26(2)21-38-39(42)28(4)41(45-38)20-18-33-34-16-15-31-22-32(43)17-19-40(31,5)36(34)23-35(33)27(41)3/h7-9,11-12,26,28,30-31,33-34,36,38-39H,6,10,13-25H2,1-5H3. The topological polar surface area (TPSA) is 46.6 Å². The number of carbonyl (C=O) groups is 2. The summed E-state index contributed by atoms with van der Waals surface area (Å²) in [6, 6.07) is 11.0. The largest absolute Gasteiger partial charge is 0.365 e. The summed E-state index contributed by atoms with van der Waals surface area (Å²) in [5, 5.41) is 0. The summed E-state index contributed by atoms with van der Waals surface area (Å²) < 4.78 is 7.35. The zero-order chi connectivity index (χ0) is 31.5. The Hall–Kier alpha value is -1.78. The average Bonchev–Trinajstić information content (AvgIpc) is 3.54. The fraction of sp³-hybridized carbons (Fsp3) is 0.756. The van der Waals surface area contributed by atoms with E-state index in [-0.39, 0.29) is 17.6 Å². The fourth-order valence-electron chi connectivity index (χ4n) is 12.2. The monoisotopic (exact) mass is 613 g/mol. The minimum absolute atomic E-state index is 0.150. The second kappa shape index (κ2) is 12.3. The number of hydrogen-bond acceptors (Lipinski definition) is 4. The third kappa shape index (κ3) is 5.42. The number of carbonyl (C=O) groups excluding carboxylic acids is 2. The first-order valence-electron chi connectivity index (χ1n) is 18.8. The van der Waals surface area contributed by atoms with Crippen molar-refractivity contribution in [1.82, 2.24) is 4.90 Å². The zero-order valence-corrected chi connectivity index (χ0v) is 28.9. The lowest BCUT2D eigenvalue weighted by Crippen LogP contribution is -2.54. The molecule has 0 N–H and O–H groups in total. The highest BCUT2D eigenvalue weighted by Gasteiger charge is 2.62. The maximum absolute atomic E-state index is 13.9. The Morgan fingerprint density at radius 3 is 2.67 bits per heavy atom. The molecule has 2 aliphatic heterocycles. The van der Waals surface area contributed by atoms with Crippen molar-refractivity contribution in [2.45, 2.75) is 136 Å². The highest BCUT2D eigenvalue weighted by molar-refractivity contribution is 5.83. The van der Waals surface area contributed by atoms with E-state index >= 15 is 0 Å². The molecule has 0 bridgehead atoms. The predicted molar refractivity (Wildman–Crippen MR) is 181 cm³/mol. The number of benzene rings is 1. The van der Waals surface area contributed by atoms with Crippen LogP contribution in [0.5, 0.6) is 0 Å². The number of rotatable bonds is 8. The number of ketones is 2. The minimum Gasteiger partial charge on any atom is -0.365 e. The van der Waals surface area contributed by atoms with Crippen molar-refractivity contribution in [2.75, 3.05) is 13.1 Å². The number of nitrogens with zero attached hydrogens (tertiary/aromatic N) is 1. The number of piperidine rings is 1. The number of Topliss-reactive ketones (excluding diaryl/α,β-unsaturated/α-hetero) is 2. The van der Waals surface area contributed by atoms with Gasteiger partial charge >= 0.3 is 0 Å². The van der Waals surface area contributed by atoms with Gasteiger partial charge in [-0.2, -0.15) is 0 Å². The first-order valence-corrected chi connectivity index (χ1v) is 18.8. The van der Waals surface area contributed by atoms with Gasteiger partial charge in [0.2, 0.25) is 0 Å². The van der Waals surface area contributed by atoms with Crippen molar-refractivity contribution in [3.63, 3.8) is 0 Å². The smallest absolute Gasteiger partial charge is 0.149 e. The van der Waals surface area contributed by atoms with Crippen LogP contribution >= 0.6 is 0 Å². The zero-order valence-electron chi connectivity index (χ0n) is 28.9. The molecular formula is C41H59NO3. The fourth-order valence-corrected chi connectivity index (χ4v) is 12.2. The molecule has 11 unspecified atom stereocenters. The van der Waals surface area contributed by atoms with Crippen LogP contribution < -0.4 is 0 Å². The summed E-state index contributed by atoms with van der Waals surface area (Å²) in [6.45, 7) is 13.6. The van der Waals surface area contributed by atoms with Gasteiger partial charge < -0.3 is 4.74 Å². The SMILES string of the molecule is CCC(CCCc1ccccc1)C(=O)CN1CC(C)CC2OC3(CCC4C(=C3C)CC3C4CCC4CC(=O)CCC43C)C(C)C21. The van der Waals surface area contributed by atoms with Gasteiger partial charge in [0, 0.05) is 37.3 Å². The highest BCUT2D eigenvalue weighted by atomic mass is 16.5. The molecule has 2 heterocycles. The van der Waals surface area contributed by atoms with Gasteiger partial charge in [-0.3, -0.25) is 14.5 Å². The van der Waals surface area contributed by atoms with Gasteiger partial charge in [-0.05, 0) is 124 Å². The Morgan fingerprint density at radius 2 is 1.89 bits per heavy atom. The van der Waals surface area contributed by atoms with E-state index in [9.17, 15) is 9.59 Å². The van der Waals surface area contributed by atoms with E-state index in [2.05, 4.69) is 69.9 Å². The molecule has 246 valence electrons. The van der Waals surface area contributed by atoms with Gasteiger partial charge in [-0.1, -0.05) is 63.6 Å². The van der Waals surface area contributed by atoms with Crippen LogP contribution in [-0.2, 0) is 20.7 Å². The summed E-state index contributed by atoms with van der Waals surface area (Å²) in [5.41, 5.74) is 4.82. The molecule has 5 fully saturated rings. The van der Waals surface area contributed by atoms with Crippen molar-refractivity contribution < 1.29 is 14.3 Å². The highest BCUT2D eigenvalue weighted by Crippen LogP contribution is 2.66. The maximum atomic E-state index is 13.9. The van der Waals surface area contributed by atoms with Crippen molar-refractivity contribution in [3.05, 3.63) is 47.0 Å². The molecule has 0 radical (unpaired) electrons. The normalized spacial score (nSPS) is 41.8. The molecule has 1 spiro atoms. The molecule has 1 aromatic rings. The molecule has 1 aromatic carbocycles. The number of likely N-dealkylation sites (tertiary alicyclic amines) is 1. The van der Waals surface area contributed by atoms with Crippen LogP contribution in [0.25, 0.3) is 0 Å². The van der Waals surface area contributed by atoms with Gasteiger partial charge in [0.15, 0.2) is 0 Å². The molecule has 4 nitrogen and oxygen atoms in total. The van der Waals surface area contributed by atoms with E-state index in [4.69, 9.17) is 4.74 Å². The molecule has 45 heavy (non-hydrogen) atoms. The van der Waals surface area contributed by atoms with Crippen LogP contribution in [0, 0.1) is 46.8 Å². The second-order valence-corrected chi connectivity index (χ2v) is 16.8. The molecule has 2 saturated heterocycles. The van der Waals surface area contributed by atoms with E-state index in [1.807, 2.05) is 0 Å². The van der Waals surface area contributed by atoms with Crippen molar-refractivity contribution in [2.24, 2.45) is 46.8 Å². The average molecular weight is 614 g/mol. The second-order valence-electron chi connectivity index (χ2n) is 16.8. The lowest BCUT2D eigenvalue weighted by atomic mass is 9.52. The third-order valence-electron chi connectivity index (χ3n) is 14.7. The van der Waals surface area contributed by atoms with Crippen LogP contribution in [0.15, 0.2) is 41.5 Å². The van der Waals surface area contributed by atoms with Gasteiger partial charge in [0.25, 0.3) is 0 Å². The van der Waals surface area contributed by atoms with E-state index in [0.717, 1.165) is 76.2 Å². The van der Waals surface area contributed by atoms with Crippen LogP contribution in [0.1, 0.15) is 117 Å². The first-order chi connectivity index (χ1) is 21.6. The Balaban J connectivity index is 1.08. The summed E-state index contributed by atoms with van der Waals surface area (Å²) in [6.07, 6.45) is 14.3. The first kappa shape index (κ1) is 31.8. The Kier molecular flexibility index (Phi) is 8.73. The molecule has 0 aromatic heterocycles. The summed E-state index contributed by atoms with van der Waals surface area (Å²) in [5.74, 6) is 4.88. The van der Waals surface area contributed by atoms with Crippen molar-refractivity contribution in [1.29, 1.82) is 0 Å². The number of allylic oxidation sites excluding steroid dienone is 1. The summed E-state index contributed by atoms with van der Waals surface area (Å²) >= 11 is 0. The molecule has 6 aliphatic rings. The Labute approximate surface area is 273 Å². The number of fused-ring (bicyclic) bond motifs is 6. The van der Waals surface area contributed by atoms with E-state index in [0.29, 0.717) is 53.2 Å². The molecule has 4 aliphatic carbocycles. The van der Waals surface area contributed by atoms with Crippen molar-refractivity contribution >= 4 is 11.6 Å². The Bertz CT molecular complexity index is 1300. The van der Waals surface area contributed by atoms with Gasteiger partial charge in [-0.15, -0.1) is 0 Å². The molecule has 3 saturated carbocycles. The number of aryl methyl sites for hydroxylation is 1. The van der Waals surface area contributed by atoms with E-state index in [1.54, 1.807) is 11.1 Å². The molecule has 11 atom stereocenters. The van der Waals surface area contributed by atoms with Gasteiger partial charge in [0.1, 0.15) is 11.6 Å². The number of hydrogen-bond donors (Lipinski definition) is 0. The summed E-state index contributed by atoms with van der Waals surface area (Å²) in [4.78, 5) is 28.8. The van der Waals surface area contributed by atoms with Crippen LogP contribution in [0.2, 0.25) is 0 Å². The van der Waals surface area contributed by atoms with Crippen LogP contribution in [-0.4, -0.2) is 47.3 Å².